The Bertz CT molecular complexity index is 744. The number of aryl methyl sites for hydroxylation is 2. The third kappa shape index (κ3) is 5.80. The van der Waals surface area contributed by atoms with Crippen LogP contribution in [0.2, 0.25) is 0 Å². The Morgan fingerprint density at radius 1 is 1.12 bits per heavy atom. The number of anilines is 1. The lowest BCUT2D eigenvalue weighted by Gasteiger charge is -2.11. The molecule has 0 saturated heterocycles. The van der Waals surface area contributed by atoms with E-state index in [0.29, 0.717) is 18.8 Å². The average molecular weight is 343 g/mol. The van der Waals surface area contributed by atoms with Gasteiger partial charge in [0.25, 0.3) is 11.6 Å². The summed E-state index contributed by atoms with van der Waals surface area (Å²) in [6, 6.07) is 11.9. The highest BCUT2D eigenvalue weighted by atomic mass is 16.6. The second kappa shape index (κ2) is 8.68. The van der Waals surface area contributed by atoms with Gasteiger partial charge in [-0.25, -0.2) is 0 Å². The predicted molar refractivity (Wildman–Crippen MR) is 96.0 cm³/mol. The number of nitrogens with one attached hydrogen (secondary N) is 2. The average Bonchev–Trinajstić information content (AvgIpc) is 2.58. The minimum absolute atomic E-state index is 0.0402. The zero-order valence-electron chi connectivity index (χ0n) is 14.2. The highest BCUT2D eigenvalue weighted by Gasteiger charge is 2.05. The number of rotatable bonds is 8. The fourth-order valence-corrected chi connectivity index (χ4v) is 2.27. The summed E-state index contributed by atoms with van der Waals surface area (Å²) in [4.78, 5) is 21.9. The second-order valence-corrected chi connectivity index (χ2v) is 5.64. The van der Waals surface area contributed by atoms with Crippen molar-refractivity contribution in [2.75, 3.05) is 25.0 Å². The van der Waals surface area contributed by atoms with Crippen molar-refractivity contribution in [3.8, 4) is 5.75 Å². The molecule has 0 radical (unpaired) electrons. The van der Waals surface area contributed by atoms with E-state index in [9.17, 15) is 14.9 Å². The molecule has 0 heterocycles. The van der Waals surface area contributed by atoms with Crippen molar-refractivity contribution < 1.29 is 14.5 Å². The number of nitro groups is 1. The van der Waals surface area contributed by atoms with Crippen LogP contribution >= 0.6 is 0 Å². The molecule has 0 aliphatic carbocycles. The van der Waals surface area contributed by atoms with Gasteiger partial charge in [0, 0.05) is 30.9 Å². The van der Waals surface area contributed by atoms with Crippen LogP contribution in [0.25, 0.3) is 0 Å². The summed E-state index contributed by atoms with van der Waals surface area (Å²) in [5.74, 6) is 0.496. The van der Waals surface area contributed by atoms with Gasteiger partial charge in [0.05, 0.1) is 4.92 Å². The van der Waals surface area contributed by atoms with Crippen LogP contribution < -0.4 is 15.4 Å². The molecular formula is C18H21N3O4. The lowest BCUT2D eigenvalue weighted by molar-refractivity contribution is -0.384. The molecule has 0 fully saturated rings. The van der Waals surface area contributed by atoms with E-state index in [1.165, 1.54) is 12.1 Å². The highest BCUT2D eigenvalue weighted by molar-refractivity contribution is 5.77. The largest absolute Gasteiger partial charge is 0.484 e. The van der Waals surface area contributed by atoms with E-state index in [1.807, 2.05) is 32.0 Å². The van der Waals surface area contributed by atoms with Crippen molar-refractivity contribution in [2.45, 2.75) is 13.8 Å². The van der Waals surface area contributed by atoms with Crippen molar-refractivity contribution in [1.29, 1.82) is 0 Å². The number of carbonyl (C=O) groups is 1. The smallest absolute Gasteiger partial charge is 0.269 e. The predicted octanol–water partition coefficient (Wildman–Crippen LogP) is 2.82. The van der Waals surface area contributed by atoms with E-state index in [-0.39, 0.29) is 18.2 Å². The molecule has 0 unspecified atom stereocenters. The molecule has 0 aliphatic rings. The normalized spacial score (nSPS) is 10.2. The first-order valence-corrected chi connectivity index (χ1v) is 7.91. The highest BCUT2D eigenvalue weighted by Crippen LogP contribution is 2.18. The van der Waals surface area contributed by atoms with E-state index >= 15 is 0 Å². The Balaban J connectivity index is 1.67. The van der Waals surface area contributed by atoms with Crippen LogP contribution in [-0.2, 0) is 4.79 Å². The van der Waals surface area contributed by atoms with Crippen LogP contribution in [0.15, 0.2) is 42.5 Å². The van der Waals surface area contributed by atoms with E-state index in [2.05, 4.69) is 10.6 Å². The molecule has 0 aromatic heterocycles. The molecule has 2 aromatic rings. The molecule has 0 bridgehead atoms. The lowest BCUT2D eigenvalue weighted by atomic mass is 10.1. The zero-order chi connectivity index (χ0) is 18.2. The Hall–Kier alpha value is -3.09. The molecule has 132 valence electrons. The van der Waals surface area contributed by atoms with E-state index < -0.39 is 4.92 Å². The fourth-order valence-electron chi connectivity index (χ4n) is 2.27. The number of benzene rings is 2. The summed E-state index contributed by atoms with van der Waals surface area (Å²) in [6.45, 7) is 4.83. The fraction of sp³-hybridized carbons (Fsp3) is 0.278. The molecule has 2 aromatic carbocycles. The van der Waals surface area contributed by atoms with Gasteiger partial charge in [0.1, 0.15) is 5.75 Å². The molecular weight excluding hydrogens is 322 g/mol. The van der Waals surface area contributed by atoms with Crippen LogP contribution in [0.4, 0.5) is 11.4 Å². The summed E-state index contributed by atoms with van der Waals surface area (Å²) in [7, 11) is 0. The third-order valence-electron chi connectivity index (χ3n) is 3.54. The molecule has 7 heteroatoms. The number of non-ortho nitro benzene ring substituents is 1. The van der Waals surface area contributed by atoms with E-state index in [4.69, 9.17) is 4.74 Å². The molecule has 0 saturated carbocycles. The third-order valence-corrected chi connectivity index (χ3v) is 3.54. The van der Waals surface area contributed by atoms with Gasteiger partial charge >= 0.3 is 0 Å². The van der Waals surface area contributed by atoms with Gasteiger partial charge in [-0.2, -0.15) is 0 Å². The molecule has 25 heavy (non-hydrogen) atoms. The van der Waals surface area contributed by atoms with Crippen molar-refractivity contribution >= 4 is 17.3 Å². The summed E-state index contributed by atoms with van der Waals surface area (Å²) in [6.07, 6.45) is 0. The molecule has 2 N–H and O–H groups in total. The lowest BCUT2D eigenvalue weighted by Crippen LogP contribution is -2.32. The summed E-state index contributed by atoms with van der Waals surface area (Å²) in [5, 5.41) is 16.4. The van der Waals surface area contributed by atoms with Gasteiger partial charge in [0.15, 0.2) is 6.61 Å². The van der Waals surface area contributed by atoms with Crippen molar-refractivity contribution in [1.82, 2.24) is 5.32 Å². The number of nitrogens with zero attached hydrogens (tertiary/aromatic N) is 1. The number of hydrogen-bond acceptors (Lipinski definition) is 5. The van der Waals surface area contributed by atoms with E-state index in [1.54, 1.807) is 12.1 Å². The first kappa shape index (κ1) is 18.3. The molecule has 0 atom stereocenters. The molecule has 1 amide bonds. The number of amides is 1. The van der Waals surface area contributed by atoms with Gasteiger partial charge in [0.2, 0.25) is 0 Å². The maximum Gasteiger partial charge on any atom is 0.269 e. The number of carbonyl (C=O) groups excluding carboxylic acids is 1. The van der Waals surface area contributed by atoms with Crippen molar-refractivity contribution in [3.63, 3.8) is 0 Å². The molecule has 0 spiro atoms. The van der Waals surface area contributed by atoms with Crippen LogP contribution in [-0.4, -0.2) is 30.5 Å². The minimum atomic E-state index is -0.445. The first-order chi connectivity index (χ1) is 12.0. The summed E-state index contributed by atoms with van der Waals surface area (Å²) in [5.41, 5.74) is 2.94. The maximum absolute atomic E-state index is 11.8. The number of ether oxygens (including phenoxy) is 1. The van der Waals surface area contributed by atoms with Crippen molar-refractivity contribution in [3.05, 3.63) is 63.7 Å². The van der Waals surface area contributed by atoms with Gasteiger partial charge in [-0.3, -0.25) is 14.9 Å². The van der Waals surface area contributed by atoms with Crippen LogP contribution in [0.1, 0.15) is 11.1 Å². The zero-order valence-corrected chi connectivity index (χ0v) is 14.2. The van der Waals surface area contributed by atoms with Gasteiger partial charge in [-0.05, 0) is 37.6 Å². The maximum atomic E-state index is 11.8. The monoisotopic (exact) mass is 343 g/mol. The van der Waals surface area contributed by atoms with Gasteiger partial charge < -0.3 is 15.4 Å². The quantitative estimate of drug-likeness (QED) is 0.437. The van der Waals surface area contributed by atoms with Crippen LogP contribution in [0.3, 0.4) is 0 Å². The number of hydrogen-bond donors (Lipinski definition) is 2. The van der Waals surface area contributed by atoms with Gasteiger partial charge in [-0.1, -0.05) is 17.7 Å². The standard InChI is InChI=1S/C18H21N3O4/c1-13-3-8-17(14(2)11-13)25-12-18(22)20-10-9-19-15-4-6-16(7-5-15)21(23)24/h3-8,11,19H,9-10,12H2,1-2H3,(H,20,22). The van der Waals surface area contributed by atoms with Crippen LogP contribution in [0, 0.1) is 24.0 Å². The molecule has 2 rings (SSSR count). The van der Waals surface area contributed by atoms with E-state index in [0.717, 1.165) is 16.8 Å². The summed E-state index contributed by atoms with van der Waals surface area (Å²) < 4.78 is 5.51. The molecule has 0 aliphatic heterocycles. The minimum Gasteiger partial charge on any atom is -0.484 e. The Labute approximate surface area is 146 Å². The van der Waals surface area contributed by atoms with Gasteiger partial charge in [-0.15, -0.1) is 0 Å². The Morgan fingerprint density at radius 2 is 1.84 bits per heavy atom. The van der Waals surface area contributed by atoms with Crippen LogP contribution in [0.5, 0.6) is 5.75 Å². The summed E-state index contributed by atoms with van der Waals surface area (Å²) >= 11 is 0. The topological polar surface area (TPSA) is 93.5 Å². The molecule has 7 nitrogen and oxygen atoms in total. The Kier molecular flexibility index (Phi) is 6.33. The number of nitro benzene ring substituents is 1. The SMILES string of the molecule is Cc1ccc(OCC(=O)NCCNc2ccc([N+](=O)[O-])cc2)c(C)c1. The van der Waals surface area contributed by atoms with Crippen molar-refractivity contribution in [2.24, 2.45) is 0 Å². The Morgan fingerprint density at radius 3 is 2.48 bits per heavy atom. The second-order valence-electron chi connectivity index (χ2n) is 5.64. The first-order valence-electron chi connectivity index (χ1n) is 7.91.